The number of fused-ring (bicyclic) bond motifs is 1. The number of amides is 2. The smallest absolute Gasteiger partial charge is 0.350 e. The Morgan fingerprint density at radius 2 is 1.34 bits per heavy atom. The Morgan fingerprint density at radius 3 is 1.97 bits per heavy atom. The molecule has 0 saturated heterocycles. The zero-order valence-corrected chi connectivity index (χ0v) is 18.9. The number of benzene rings is 3. The Bertz CT molecular complexity index is 1280. The molecule has 1 aromatic heterocycles. The molecule has 1 aliphatic rings. The van der Waals surface area contributed by atoms with Crippen LogP contribution in [-0.4, -0.2) is 21.7 Å². The second kappa shape index (κ2) is 10.2. The van der Waals surface area contributed by atoms with Crippen LogP contribution in [-0.2, 0) is 0 Å². The lowest BCUT2D eigenvalue weighted by Crippen LogP contribution is -3.10. The van der Waals surface area contributed by atoms with Gasteiger partial charge < -0.3 is 4.98 Å². The van der Waals surface area contributed by atoms with E-state index < -0.39 is 16.4 Å². The maximum absolute atomic E-state index is 13.4. The van der Waals surface area contributed by atoms with Crippen molar-refractivity contribution < 1.29 is 43.4 Å². The van der Waals surface area contributed by atoms with E-state index in [9.17, 15) is 9.59 Å². The number of rotatable bonds is 3. The van der Waals surface area contributed by atoms with Gasteiger partial charge in [-0.1, -0.05) is 54.6 Å². The van der Waals surface area contributed by atoms with Crippen molar-refractivity contribution in [3.05, 3.63) is 120 Å². The molecule has 0 aliphatic carbocycles. The first-order valence-corrected chi connectivity index (χ1v) is 11.7. The predicted octanol–water partition coefficient (Wildman–Crippen LogP) is -1.24. The van der Waals surface area contributed by atoms with Gasteiger partial charge in [-0.15, -0.1) is 10.2 Å². The van der Waals surface area contributed by atoms with Crippen LogP contribution in [0.2, 0.25) is 0 Å². The average Bonchev–Trinajstić information content (AvgIpc) is 3.47. The molecule has 178 valence electrons. The zero-order valence-electron chi connectivity index (χ0n) is 18.2. The van der Waals surface area contributed by atoms with Gasteiger partial charge in [-0.3, -0.25) is 9.69 Å². The van der Waals surface area contributed by atoms with E-state index in [1.54, 1.807) is 41.6 Å². The summed E-state index contributed by atoms with van der Waals surface area (Å²) in [7, 11) is -4.94. The molecule has 0 bridgehead atoms. The summed E-state index contributed by atoms with van der Waals surface area (Å²) in [6.07, 6.45) is 4.88. The highest BCUT2D eigenvalue weighted by molar-refractivity contribution is 5.96. The molecule has 2 unspecified atom stereocenters. The molecule has 10 heteroatoms. The van der Waals surface area contributed by atoms with E-state index in [4.69, 9.17) is 18.6 Å². The molecular weight excluding hydrogens is 474 g/mol. The highest BCUT2D eigenvalue weighted by Crippen LogP contribution is 2.28. The highest BCUT2D eigenvalue weighted by Gasteiger charge is 2.42. The Kier molecular flexibility index (Phi) is 7.08. The third-order valence-electron chi connectivity index (χ3n) is 5.46. The van der Waals surface area contributed by atoms with Gasteiger partial charge in [0.25, 0.3) is 5.91 Å². The van der Waals surface area contributed by atoms with Gasteiger partial charge in [0.1, 0.15) is 6.20 Å². The lowest BCUT2D eigenvalue weighted by molar-refractivity contribution is -2.00. The van der Waals surface area contributed by atoms with Gasteiger partial charge in [0.15, 0.2) is 0 Å². The summed E-state index contributed by atoms with van der Waals surface area (Å²) in [5.74, 6) is -0.219. The number of H-pyrrole nitrogens is 1. The van der Waals surface area contributed by atoms with Gasteiger partial charge in [-0.05, 0) is 30.3 Å². The monoisotopic (exact) mass is 493 g/mol. The van der Waals surface area contributed by atoms with E-state index >= 15 is 0 Å². The number of quaternary nitrogens is 1. The Balaban J connectivity index is 0.000000527. The molecule has 1 aliphatic heterocycles. The van der Waals surface area contributed by atoms with Gasteiger partial charge in [0.2, 0.25) is 6.17 Å². The molecule has 3 aromatic carbocycles. The summed E-state index contributed by atoms with van der Waals surface area (Å²) in [6, 6.07) is 26.2. The van der Waals surface area contributed by atoms with E-state index in [1.807, 2.05) is 66.9 Å². The quantitative estimate of drug-likeness (QED) is 0.364. The standard InChI is InChI=1S/C25H19N3O2.ClHO4/c29-24(18-9-3-1-4-10-18)27-15-16-28(25(30)19-11-5-2-6-12-19)23(27)21-17-26-22-14-8-7-13-20(21)22;2-1(3,4)5/h1-17,23,26H;(H,2,3,4,5). The predicted molar refractivity (Wildman–Crippen MR) is 115 cm³/mol. The first kappa shape index (κ1) is 24.3. The van der Waals surface area contributed by atoms with Crippen molar-refractivity contribution in [2.45, 2.75) is 6.17 Å². The highest BCUT2D eigenvalue weighted by atomic mass is 35.7. The lowest BCUT2D eigenvalue weighted by Gasteiger charge is -2.25. The maximum atomic E-state index is 13.4. The Hall–Kier alpha value is -3.83. The molecule has 2 atom stereocenters. The third kappa shape index (κ3) is 5.64. The minimum Gasteiger partial charge on any atom is -0.361 e. The van der Waals surface area contributed by atoms with Crippen LogP contribution in [0.1, 0.15) is 32.4 Å². The number of hydrogen-bond donors (Lipinski definition) is 2. The third-order valence-corrected chi connectivity index (χ3v) is 5.46. The SMILES string of the molecule is O=C(c1ccccc1)N1C=C[NH+](C(=O)c2ccccc2)C1c1c[nH]c2ccccc12.[O-][Cl+3]([O-])([O-])[O-]. The minimum absolute atomic E-state index is 0.0782. The van der Waals surface area contributed by atoms with Crippen molar-refractivity contribution in [3.63, 3.8) is 0 Å². The fraction of sp³-hybridized carbons (Fsp3) is 0.0400. The second-order valence-electron chi connectivity index (χ2n) is 7.61. The van der Waals surface area contributed by atoms with Crippen LogP contribution in [0.3, 0.4) is 0 Å². The Labute approximate surface area is 202 Å². The van der Waals surface area contributed by atoms with Crippen LogP contribution in [0.25, 0.3) is 10.9 Å². The number of carbonyl (C=O) groups is 2. The van der Waals surface area contributed by atoms with Gasteiger partial charge in [-0.2, -0.15) is 0 Å². The van der Waals surface area contributed by atoms with Crippen LogP contribution in [0.5, 0.6) is 0 Å². The number of halogens is 1. The molecular formula is C25H20ClN3O6. The lowest BCUT2D eigenvalue weighted by atomic mass is 10.1. The van der Waals surface area contributed by atoms with Crippen molar-refractivity contribution in [1.82, 2.24) is 9.88 Å². The zero-order chi connectivity index (χ0) is 25.0. The van der Waals surface area contributed by atoms with Gasteiger partial charge in [0, 0.05) is 22.7 Å². The van der Waals surface area contributed by atoms with Crippen molar-refractivity contribution >= 4 is 22.7 Å². The summed E-state index contributed by atoms with van der Waals surface area (Å²) in [5, 5.41) is 0.996. The van der Waals surface area contributed by atoms with E-state index in [1.165, 1.54) is 0 Å². The van der Waals surface area contributed by atoms with Gasteiger partial charge in [0.05, 0.1) is 17.3 Å². The summed E-state index contributed by atoms with van der Waals surface area (Å²) in [5.41, 5.74) is 3.06. The van der Waals surface area contributed by atoms with Crippen molar-refractivity contribution in [2.24, 2.45) is 0 Å². The molecule has 5 rings (SSSR count). The van der Waals surface area contributed by atoms with Crippen LogP contribution in [0, 0.1) is 10.2 Å². The summed E-state index contributed by atoms with van der Waals surface area (Å²) in [6.45, 7) is 0. The average molecular weight is 494 g/mol. The largest absolute Gasteiger partial charge is 0.361 e. The minimum atomic E-state index is -4.94. The van der Waals surface area contributed by atoms with Crippen molar-refractivity contribution in [3.8, 4) is 0 Å². The van der Waals surface area contributed by atoms with E-state index in [0.717, 1.165) is 16.5 Å². The van der Waals surface area contributed by atoms with Gasteiger partial charge >= 0.3 is 5.91 Å². The summed E-state index contributed by atoms with van der Waals surface area (Å²) < 4.78 is 34.0. The maximum Gasteiger partial charge on any atom is 0.350 e. The number of aromatic amines is 1. The van der Waals surface area contributed by atoms with Crippen LogP contribution in [0.15, 0.2) is 104 Å². The normalized spacial score (nSPS) is 17.2. The number of aromatic nitrogens is 1. The number of nitrogens with one attached hydrogen (secondary N) is 2. The fourth-order valence-electron chi connectivity index (χ4n) is 4.00. The molecule has 35 heavy (non-hydrogen) atoms. The van der Waals surface area contributed by atoms with Crippen LogP contribution in [0.4, 0.5) is 0 Å². The van der Waals surface area contributed by atoms with Crippen LogP contribution >= 0.6 is 0 Å². The first-order valence-electron chi connectivity index (χ1n) is 10.4. The molecule has 2 amide bonds. The molecule has 2 N–H and O–H groups in total. The molecule has 0 saturated carbocycles. The fourth-order valence-corrected chi connectivity index (χ4v) is 4.00. The number of carbonyl (C=O) groups excluding carboxylic acids is 2. The molecule has 0 radical (unpaired) electrons. The number of para-hydroxylation sites is 1. The molecule has 0 fully saturated rings. The molecule has 4 aromatic rings. The second-order valence-corrected chi connectivity index (χ2v) is 8.37. The molecule has 0 spiro atoms. The summed E-state index contributed by atoms with van der Waals surface area (Å²) >= 11 is 0. The number of nitrogens with zero attached hydrogens (tertiary/aromatic N) is 1. The van der Waals surface area contributed by atoms with Crippen molar-refractivity contribution in [2.75, 3.05) is 0 Å². The molecule has 2 heterocycles. The van der Waals surface area contributed by atoms with Crippen LogP contribution < -0.4 is 23.5 Å². The van der Waals surface area contributed by atoms with E-state index in [2.05, 4.69) is 4.98 Å². The van der Waals surface area contributed by atoms with Crippen molar-refractivity contribution in [1.29, 1.82) is 0 Å². The summed E-state index contributed by atoms with van der Waals surface area (Å²) in [4.78, 5) is 32.2. The topological polar surface area (TPSA) is 150 Å². The Morgan fingerprint density at radius 1 is 0.800 bits per heavy atom. The molecule has 9 nitrogen and oxygen atoms in total. The van der Waals surface area contributed by atoms with E-state index in [-0.39, 0.29) is 11.8 Å². The first-order chi connectivity index (χ1) is 16.7. The van der Waals surface area contributed by atoms with Gasteiger partial charge in [-0.25, -0.2) is 28.3 Å². The number of hydrogen-bond acceptors (Lipinski definition) is 6. The van der Waals surface area contributed by atoms with E-state index in [0.29, 0.717) is 16.0 Å².